The normalized spacial score (nSPS) is 10.3. The van der Waals surface area contributed by atoms with Crippen LogP contribution in [0.1, 0.15) is 11.1 Å². The maximum atomic E-state index is 5.45. The summed E-state index contributed by atoms with van der Waals surface area (Å²) in [4.78, 5) is 0. The molecule has 0 heterocycles. The molecular weight excluding hydrogens is 324 g/mol. The van der Waals surface area contributed by atoms with Crippen molar-refractivity contribution in [1.29, 1.82) is 0 Å². The molecule has 0 fully saturated rings. The minimum atomic E-state index is 0.830. The van der Waals surface area contributed by atoms with Crippen LogP contribution in [0.15, 0.2) is 60.7 Å². The van der Waals surface area contributed by atoms with Crippen molar-refractivity contribution in [3.8, 4) is 11.5 Å². The zero-order chi connectivity index (χ0) is 18.5. The Morgan fingerprint density at radius 3 is 1.31 bits per heavy atom. The van der Waals surface area contributed by atoms with Gasteiger partial charge in [-0.05, 0) is 73.5 Å². The molecule has 0 aliphatic rings. The highest BCUT2D eigenvalue weighted by molar-refractivity contribution is 5.71. The lowest BCUT2D eigenvalue weighted by atomic mass is 10.2. The van der Waals surface area contributed by atoms with E-state index in [9.17, 15) is 0 Å². The molecule has 0 aliphatic heterocycles. The lowest BCUT2D eigenvalue weighted by Gasteiger charge is -2.14. The van der Waals surface area contributed by atoms with Crippen LogP contribution in [0.2, 0.25) is 0 Å². The van der Waals surface area contributed by atoms with Gasteiger partial charge in [-0.1, -0.05) is 12.1 Å². The molecule has 134 valence electrons. The minimum Gasteiger partial charge on any atom is -0.495 e. The Morgan fingerprint density at radius 2 is 0.962 bits per heavy atom. The van der Waals surface area contributed by atoms with E-state index in [1.54, 1.807) is 14.2 Å². The topological polar surface area (TPSA) is 42.5 Å². The van der Waals surface area contributed by atoms with Gasteiger partial charge >= 0.3 is 0 Å². The van der Waals surface area contributed by atoms with E-state index in [0.29, 0.717) is 0 Å². The largest absolute Gasteiger partial charge is 0.495 e. The van der Waals surface area contributed by atoms with Crippen LogP contribution in [0, 0.1) is 13.8 Å². The van der Waals surface area contributed by atoms with Crippen LogP contribution in [0.3, 0.4) is 0 Å². The Bertz CT molecular complexity index is 815. The van der Waals surface area contributed by atoms with Crippen molar-refractivity contribution < 1.29 is 9.47 Å². The van der Waals surface area contributed by atoms with E-state index in [0.717, 1.165) is 34.2 Å². The molecule has 0 saturated heterocycles. The molecule has 0 aliphatic carbocycles. The summed E-state index contributed by atoms with van der Waals surface area (Å²) < 4.78 is 10.9. The van der Waals surface area contributed by atoms with Gasteiger partial charge in [0.15, 0.2) is 0 Å². The van der Waals surface area contributed by atoms with Gasteiger partial charge in [0.25, 0.3) is 0 Å². The zero-order valence-electron chi connectivity index (χ0n) is 15.6. The molecule has 0 unspecified atom stereocenters. The summed E-state index contributed by atoms with van der Waals surface area (Å²) in [6, 6.07) is 20.3. The molecule has 0 atom stereocenters. The highest BCUT2D eigenvalue weighted by Gasteiger charge is 2.06. The number of rotatable bonds is 6. The molecule has 0 amide bonds. The third-order valence-electron chi connectivity index (χ3n) is 4.16. The van der Waals surface area contributed by atoms with E-state index in [-0.39, 0.29) is 0 Å². The Morgan fingerprint density at radius 1 is 0.577 bits per heavy atom. The van der Waals surface area contributed by atoms with Crippen molar-refractivity contribution in [2.24, 2.45) is 0 Å². The fraction of sp³-hybridized carbons (Fsp3) is 0.182. The summed E-state index contributed by atoms with van der Waals surface area (Å²) in [5, 5.41) is 6.79. The van der Waals surface area contributed by atoms with Crippen LogP contribution in [0.5, 0.6) is 11.5 Å². The molecule has 0 bridgehead atoms. The average molecular weight is 348 g/mol. The van der Waals surface area contributed by atoms with Crippen molar-refractivity contribution in [2.45, 2.75) is 13.8 Å². The summed E-state index contributed by atoms with van der Waals surface area (Å²) in [6.07, 6.45) is 0. The molecule has 0 radical (unpaired) electrons. The van der Waals surface area contributed by atoms with Gasteiger partial charge < -0.3 is 20.1 Å². The lowest BCUT2D eigenvalue weighted by Crippen LogP contribution is -1.97. The number of benzene rings is 3. The van der Waals surface area contributed by atoms with Gasteiger partial charge in [-0.2, -0.15) is 0 Å². The SMILES string of the molecule is COc1cc(C)ccc1Nc1ccc(Nc2ccc(C)cc2OC)cc1. The summed E-state index contributed by atoms with van der Waals surface area (Å²) in [5.74, 6) is 1.66. The molecule has 0 saturated carbocycles. The van der Waals surface area contributed by atoms with E-state index in [4.69, 9.17) is 9.47 Å². The van der Waals surface area contributed by atoms with Crippen molar-refractivity contribution in [1.82, 2.24) is 0 Å². The maximum absolute atomic E-state index is 5.45. The van der Waals surface area contributed by atoms with Gasteiger partial charge in [0, 0.05) is 11.4 Å². The fourth-order valence-electron chi connectivity index (χ4n) is 2.75. The Hall–Kier alpha value is -3.14. The first-order valence-corrected chi connectivity index (χ1v) is 8.52. The molecule has 0 aromatic heterocycles. The van der Waals surface area contributed by atoms with Gasteiger partial charge in [-0.25, -0.2) is 0 Å². The number of aryl methyl sites for hydroxylation is 2. The first-order chi connectivity index (χ1) is 12.6. The Balaban J connectivity index is 1.75. The second-order valence-corrected chi connectivity index (χ2v) is 6.23. The summed E-state index contributed by atoms with van der Waals surface area (Å²) in [6.45, 7) is 4.10. The van der Waals surface area contributed by atoms with Crippen molar-refractivity contribution >= 4 is 22.7 Å². The predicted octanol–water partition coefficient (Wildman–Crippen LogP) is 5.81. The van der Waals surface area contributed by atoms with E-state index < -0.39 is 0 Å². The summed E-state index contributed by atoms with van der Waals surface area (Å²) >= 11 is 0. The van der Waals surface area contributed by atoms with Crippen molar-refractivity contribution in [2.75, 3.05) is 24.9 Å². The molecular formula is C22H24N2O2. The number of hydrogen-bond donors (Lipinski definition) is 2. The Labute approximate surface area is 154 Å². The van der Waals surface area contributed by atoms with Crippen molar-refractivity contribution in [3.63, 3.8) is 0 Å². The van der Waals surface area contributed by atoms with Gasteiger partial charge in [0.05, 0.1) is 25.6 Å². The van der Waals surface area contributed by atoms with Crippen LogP contribution in [-0.2, 0) is 0 Å². The number of hydrogen-bond acceptors (Lipinski definition) is 4. The molecule has 3 rings (SSSR count). The second kappa shape index (κ2) is 7.83. The summed E-state index contributed by atoms with van der Waals surface area (Å²) in [7, 11) is 3.36. The average Bonchev–Trinajstić information content (AvgIpc) is 2.66. The van der Waals surface area contributed by atoms with E-state index >= 15 is 0 Å². The number of methoxy groups -OCH3 is 2. The van der Waals surface area contributed by atoms with E-state index in [2.05, 4.69) is 22.8 Å². The van der Waals surface area contributed by atoms with Crippen LogP contribution < -0.4 is 20.1 Å². The van der Waals surface area contributed by atoms with Gasteiger partial charge in [-0.15, -0.1) is 0 Å². The van der Waals surface area contributed by atoms with Crippen LogP contribution in [0.4, 0.5) is 22.7 Å². The quantitative estimate of drug-likeness (QED) is 0.590. The highest BCUT2D eigenvalue weighted by atomic mass is 16.5. The predicted molar refractivity (Wildman–Crippen MR) is 108 cm³/mol. The molecule has 3 aromatic carbocycles. The second-order valence-electron chi connectivity index (χ2n) is 6.23. The third-order valence-corrected chi connectivity index (χ3v) is 4.16. The van der Waals surface area contributed by atoms with E-state index in [1.807, 2.05) is 62.4 Å². The van der Waals surface area contributed by atoms with Gasteiger partial charge in [-0.3, -0.25) is 0 Å². The number of nitrogens with one attached hydrogen (secondary N) is 2. The highest BCUT2D eigenvalue weighted by Crippen LogP contribution is 2.31. The maximum Gasteiger partial charge on any atom is 0.142 e. The van der Waals surface area contributed by atoms with Crippen molar-refractivity contribution in [3.05, 3.63) is 71.8 Å². The first-order valence-electron chi connectivity index (χ1n) is 8.52. The fourth-order valence-corrected chi connectivity index (χ4v) is 2.75. The lowest BCUT2D eigenvalue weighted by molar-refractivity contribution is 0.416. The number of anilines is 4. The molecule has 0 spiro atoms. The molecule has 2 N–H and O–H groups in total. The van der Waals surface area contributed by atoms with Gasteiger partial charge in [0.2, 0.25) is 0 Å². The monoisotopic (exact) mass is 348 g/mol. The zero-order valence-corrected chi connectivity index (χ0v) is 15.6. The third kappa shape index (κ3) is 4.09. The van der Waals surface area contributed by atoms with Gasteiger partial charge in [0.1, 0.15) is 11.5 Å². The Kier molecular flexibility index (Phi) is 5.32. The summed E-state index contributed by atoms with van der Waals surface area (Å²) in [5.41, 5.74) is 6.21. The minimum absolute atomic E-state index is 0.830. The van der Waals surface area contributed by atoms with E-state index in [1.165, 1.54) is 11.1 Å². The van der Waals surface area contributed by atoms with Crippen LogP contribution in [-0.4, -0.2) is 14.2 Å². The molecule has 3 aromatic rings. The standard InChI is InChI=1S/C22H24N2O2/c1-15-5-11-19(21(13-15)25-3)23-17-7-9-18(10-8-17)24-20-12-6-16(2)14-22(20)26-4/h5-14,23-24H,1-4H3. The molecule has 26 heavy (non-hydrogen) atoms. The molecule has 4 nitrogen and oxygen atoms in total. The number of ether oxygens (including phenoxy) is 2. The van der Waals surface area contributed by atoms with Crippen LogP contribution in [0.25, 0.3) is 0 Å². The van der Waals surface area contributed by atoms with Crippen LogP contribution >= 0.6 is 0 Å². The smallest absolute Gasteiger partial charge is 0.142 e. The molecule has 4 heteroatoms. The first kappa shape index (κ1) is 17.7.